The molecular formula is C7H16Cl3NO3. The van der Waals surface area contributed by atoms with Crippen molar-refractivity contribution >= 4 is 34.8 Å². The minimum Gasteiger partial charge on any atom is -0.870 e. The summed E-state index contributed by atoms with van der Waals surface area (Å²) in [7, 11) is 6.02. The van der Waals surface area contributed by atoms with Crippen LogP contribution in [0.2, 0.25) is 0 Å². The Morgan fingerprint density at radius 2 is 1.71 bits per heavy atom. The highest BCUT2D eigenvalue weighted by Gasteiger charge is 2.31. The third-order valence-corrected chi connectivity index (χ3v) is 1.88. The molecule has 0 rings (SSSR count). The maximum atomic E-state index is 9.16. The molecule has 0 spiro atoms. The highest BCUT2D eigenvalue weighted by molar-refractivity contribution is 6.67. The fraction of sp³-hybridized carbons (Fsp3) is 1.00. The highest BCUT2D eigenvalue weighted by Crippen LogP contribution is 2.30. The first-order valence-corrected chi connectivity index (χ1v) is 4.93. The van der Waals surface area contributed by atoms with Crippen molar-refractivity contribution < 1.29 is 19.8 Å². The Kier molecular flexibility index (Phi) is 7.73. The van der Waals surface area contributed by atoms with Crippen molar-refractivity contribution in [2.45, 2.75) is 10.1 Å². The summed E-state index contributed by atoms with van der Waals surface area (Å²) in [5, 5.41) is 9.16. The summed E-state index contributed by atoms with van der Waals surface area (Å²) in [6.45, 7) is 1.08. The van der Waals surface area contributed by atoms with Gasteiger partial charge in [-0.3, -0.25) is 0 Å². The van der Waals surface area contributed by atoms with Crippen LogP contribution < -0.4 is 0 Å². The lowest BCUT2D eigenvalue weighted by molar-refractivity contribution is -0.871. The van der Waals surface area contributed by atoms with Crippen molar-refractivity contribution in [1.82, 2.24) is 0 Å². The minimum atomic E-state index is -1.77. The molecule has 1 unspecified atom stereocenters. The third-order valence-electron chi connectivity index (χ3n) is 1.32. The predicted octanol–water partition coefficient (Wildman–Crippen LogP) is 1.22. The molecule has 1 atom stereocenters. The van der Waals surface area contributed by atoms with Crippen LogP contribution in [0, 0.1) is 0 Å². The van der Waals surface area contributed by atoms with E-state index in [9.17, 15) is 0 Å². The number of nitrogens with zero attached hydrogens (tertiary/aromatic N) is 1. The molecule has 0 saturated heterocycles. The van der Waals surface area contributed by atoms with E-state index in [0.29, 0.717) is 6.61 Å². The van der Waals surface area contributed by atoms with Crippen LogP contribution in [0.25, 0.3) is 0 Å². The quantitative estimate of drug-likeness (QED) is 0.474. The van der Waals surface area contributed by atoms with Crippen LogP contribution in [0.5, 0.6) is 0 Å². The van der Waals surface area contributed by atoms with Crippen molar-refractivity contribution in [3.63, 3.8) is 0 Å². The zero-order valence-electron chi connectivity index (χ0n) is 8.38. The van der Waals surface area contributed by atoms with Gasteiger partial charge in [0.2, 0.25) is 10.1 Å². The minimum absolute atomic E-state index is 0. The van der Waals surface area contributed by atoms with E-state index in [2.05, 4.69) is 0 Å². The molecule has 0 fully saturated rings. The molecule has 7 heteroatoms. The number of quaternary nitrogens is 1. The summed E-state index contributed by atoms with van der Waals surface area (Å²) < 4.78 is 3.88. The molecule has 0 aliphatic heterocycles. The van der Waals surface area contributed by atoms with Crippen LogP contribution >= 0.6 is 34.8 Å². The van der Waals surface area contributed by atoms with Gasteiger partial charge in [0.1, 0.15) is 6.54 Å². The molecule has 0 heterocycles. The molecular weight excluding hydrogens is 252 g/mol. The van der Waals surface area contributed by atoms with Crippen LogP contribution in [0.1, 0.15) is 0 Å². The number of halogens is 3. The number of ether oxygens (including phenoxy) is 1. The van der Waals surface area contributed by atoms with E-state index >= 15 is 0 Å². The number of rotatable bonds is 4. The van der Waals surface area contributed by atoms with E-state index in [-0.39, 0.29) is 5.48 Å². The number of likely N-dealkylation sites (N-methyl/N-ethyl adjacent to an activating group) is 1. The molecule has 0 bridgehead atoms. The van der Waals surface area contributed by atoms with E-state index < -0.39 is 10.1 Å². The predicted molar refractivity (Wildman–Crippen MR) is 57.1 cm³/mol. The third kappa shape index (κ3) is 9.27. The van der Waals surface area contributed by atoms with Crippen molar-refractivity contribution in [3.05, 3.63) is 0 Å². The molecule has 0 aliphatic carbocycles. The molecule has 0 aromatic rings. The molecule has 0 saturated carbocycles. The van der Waals surface area contributed by atoms with Crippen molar-refractivity contribution in [2.75, 3.05) is 34.3 Å². The Morgan fingerprint density at radius 3 is 2.00 bits per heavy atom. The highest BCUT2D eigenvalue weighted by atomic mass is 35.6. The van der Waals surface area contributed by atoms with Gasteiger partial charge in [0.05, 0.1) is 27.7 Å². The molecule has 88 valence electrons. The summed E-state index contributed by atoms with van der Waals surface area (Å²) in [5.41, 5.74) is 0. The van der Waals surface area contributed by atoms with E-state index in [0.717, 1.165) is 11.0 Å². The second kappa shape index (κ2) is 6.33. The average Bonchev–Trinajstić information content (AvgIpc) is 1.82. The fourth-order valence-electron chi connectivity index (χ4n) is 0.533. The summed E-state index contributed by atoms with van der Waals surface area (Å²) in [4.78, 5) is 0. The molecule has 4 nitrogen and oxygen atoms in total. The number of aliphatic hydroxyl groups is 1. The number of hydrogen-bond donors (Lipinski definition) is 1. The van der Waals surface area contributed by atoms with Gasteiger partial charge in [0, 0.05) is 0 Å². The first-order valence-electron chi connectivity index (χ1n) is 3.80. The van der Waals surface area contributed by atoms with Crippen molar-refractivity contribution in [2.24, 2.45) is 0 Å². The zero-order valence-corrected chi connectivity index (χ0v) is 10.6. The Labute approximate surface area is 99.2 Å². The second-order valence-electron chi connectivity index (χ2n) is 3.78. The maximum absolute atomic E-state index is 9.16. The lowest BCUT2D eigenvalue weighted by Gasteiger charge is -2.25. The van der Waals surface area contributed by atoms with E-state index in [1.165, 1.54) is 0 Å². The zero-order chi connectivity index (χ0) is 10.7. The molecule has 0 aromatic carbocycles. The van der Waals surface area contributed by atoms with Crippen LogP contribution in [-0.4, -0.2) is 59.4 Å². The Balaban J connectivity index is 0. The fourth-order valence-corrected chi connectivity index (χ4v) is 0.722. The summed E-state index contributed by atoms with van der Waals surface area (Å²) in [5.74, 6) is 0. The number of alkyl halides is 3. The molecule has 2 N–H and O–H groups in total. The van der Waals surface area contributed by atoms with Gasteiger partial charge >= 0.3 is 0 Å². The van der Waals surface area contributed by atoms with Crippen LogP contribution in [0.4, 0.5) is 0 Å². The van der Waals surface area contributed by atoms with E-state index in [1.807, 2.05) is 21.1 Å². The lowest BCUT2D eigenvalue weighted by atomic mass is 10.5. The van der Waals surface area contributed by atoms with Gasteiger partial charge in [-0.15, -0.1) is 0 Å². The van der Waals surface area contributed by atoms with Crippen molar-refractivity contribution in [3.8, 4) is 0 Å². The SMILES string of the molecule is C[N+](C)(C)CCOC(O)C(Cl)(Cl)Cl.[OH-]. The van der Waals surface area contributed by atoms with Crippen LogP contribution in [0.15, 0.2) is 0 Å². The van der Waals surface area contributed by atoms with Gasteiger partial charge < -0.3 is 19.8 Å². The summed E-state index contributed by atoms with van der Waals surface area (Å²) in [6, 6.07) is 0. The standard InChI is InChI=1S/C7H15Cl3NO2.H2O/c1-11(2,3)4-5-13-6(12)7(8,9)10;/h6,12H,4-5H2,1-3H3;1H2/q+1;/p-1. The van der Waals surface area contributed by atoms with Crippen molar-refractivity contribution in [1.29, 1.82) is 0 Å². The smallest absolute Gasteiger partial charge is 0.240 e. The maximum Gasteiger partial charge on any atom is 0.240 e. The van der Waals surface area contributed by atoms with Gasteiger partial charge in [-0.1, -0.05) is 34.8 Å². The lowest BCUT2D eigenvalue weighted by Crippen LogP contribution is -2.39. The number of aliphatic hydroxyl groups excluding tert-OH is 1. The molecule has 0 amide bonds. The van der Waals surface area contributed by atoms with Gasteiger partial charge in [0.25, 0.3) is 0 Å². The normalized spacial score (nSPS) is 14.8. The van der Waals surface area contributed by atoms with Gasteiger partial charge in [-0.05, 0) is 0 Å². The molecule has 0 radical (unpaired) electrons. The monoisotopic (exact) mass is 267 g/mol. The van der Waals surface area contributed by atoms with Gasteiger partial charge in [-0.2, -0.15) is 0 Å². The summed E-state index contributed by atoms with van der Waals surface area (Å²) in [6.07, 6.45) is -1.37. The van der Waals surface area contributed by atoms with Gasteiger partial charge in [0.15, 0.2) is 0 Å². The van der Waals surface area contributed by atoms with Gasteiger partial charge in [-0.25, -0.2) is 0 Å². The summed E-state index contributed by atoms with van der Waals surface area (Å²) >= 11 is 16.2. The largest absolute Gasteiger partial charge is 0.870 e. The van der Waals surface area contributed by atoms with Crippen LogP contribution in [-0.2, 0) is 4.74 Å². The van der Waals surface area contributed by atoms with E-state index in [1.54, 1.807) is 0 Å². The molecule has 0 aromatic heterocycles. The first-order chi connectivity index (χ1) is 5.63. The topological polar surface area (TPSA) is 59.5 Å². The van der Waals surface area contributed by atoms with Crippen LogP contribution in [0.3, 0.4) is 0 Å². The Hall–Kier alpha value is 0.710. The second-order valence-corrected chi connectivity index (χ2v) is 6.15. The Bertz CT molecular complexity index is 155. The molecule has 14 heavy (non-hydrogen) atoms. The average molecular weight is 269 g/mol. The van der Waals surface area contributed by atoms with E-state index in [4.69, 9.17) is 44.6 Å². The molecule has 0 aliphatic rings. The first kappa shape index (κ1) is 17.1. The Morgan fingerprint density at radius 1 is 1.29 bits per heavy atom. The number of hydrogen-bond acceptors (Lipinski definition) is 3.